The lowest BCUT2D eigenvalue weighted by Crippen LogP contribution is -2.28. The maximum atomic E-state index is 12.8. The van der Waals surface area contributed by atoms with Gasteiger partial charge in [0.1, 0.15) is 0 Å². The van der Waals surface area contributed by atoms with Gasteiger partial charge in [0.15, 0.2) is 0 Å². The third kappa shape index (κ3) is 3.61. The molecule has 0 bridgehead atoms. The van der Waals surface area contributed by atoms with Gasteiger partial charge in [-0.25, -0.2) is 0 Å². The number of nitrogens with one attached hydrogen (secondary N) is 1. The number of rotatable bonds is 4. The number of benzene rings is 2. The van der Waals surface area contributed by atoms with Gasteiger partial charge in [0, 0.05) is 18.7 Å². The molecule has 136 valence electrons. The number of carbonyl (C=O) groups is 2. The quantitative estimate of drug-likeness (QED) is 0.843. The van der Waals surface area contributed by atoms with Crippen LogP contribution in [0, 0.1) is 12.8 Å². The van der Waals surface area contributed by atoms with Crippen LogP contribution in [0.2, 0.25) is 5.02 Å². The molecule has 1 atom stereocenters. The average Bonchev–Trinajstić information content (AvgIpc) is 2.98. The van der Waals surface area contributed by atoms with E-state index in [1.807, 2.05) is 37.3 Å². The lowest BCUT2D eigenvalue weighted by molar-refractivity contribution is -0.122. The molecule has 3 rings (SSSR count). The van der Waals surface area contributed by atoms with E-state index in [0.717, 1.165) is 16.8 Å². The van der Waals surface area contributed by atoms with Gasteiger partial charge in [-0.1, -0.05) is 55.8 Å². The van der Waals surface area contributed by atoms with Crippen LogP contribution < -0.4 is 10.2 Å². The standard InChI is InChI=1S/C21H23ClN2O2/c1-13(2)16-8-6-7-14(3)20(16)23-21(26)15-11-19(25)24(12-15)18-10-5-4-9-17(18)22/h4-10,13,15H,11-12H2,1-3H3,(H,23,26). The third-order valence-corrected chi connectivity index (χ3v) is 5.13. The van der Waals surface area contributed by atoms with Crippen LogP contribution in [0.25, 0.3) is 0 Å². The number of halogens is 1. The fourth-order valence-electron chi connectivity index (χ4n) is 3.35. The molecule has 1 fully saturated rings. The van der Waals surface area contributed by atoms with E-state index in [1.54, 1.807) is 17.0 Å². The van der Waals surface area contributed by atoms with Crippen LogP contribution >= 0.6 is 11.6 Å². The highest BCUT2D eigenvalue weighted by Gasteiger charge is 2.36. The molecule has 1 aliphatic heterocycles. The van der Waals surface area contributed by atoms with Gasteiger partial charge in [-0.15, -0.1) is 0 Å². The zero-order valence-corrected chi connectivity index (χ0v) is 16.0. The zero-order chi connectivity index (χ0) is 18.8. The van der Waals surface area contributed by atoms with Crippen molar-refractivity contribution in [3.63, 3.8) is 0 Å². The highest BCUT2D eigenvalue weighted by molar-refractivity contribution is 6.33. The molecule has 2 aromatic carbocycles. The molecule has 1 unspecified atom stereocenters. The summed E-state index contributed by atoms with van der Waals surface area (Å²) in [5.74, 6) is -0.287. The van der Waals surface area contributed by atoms with Crippen molar-refractivity contribution in [1.29, 1.82) is 0 Å². The summed E-state index contributed by atoms with van der Waals surface area (Å²) in [5, 5.41) is 3.58. The van der Waals surface area contributed by atoms with Crippen molar-refractivity contribution < 1.29 is 9.59 Å². The first-order valence-electron chi connectivity index (χ1n) is 8.83. The number of nitrogens with zero attached hydrogens (tertiary/aromatic N) is 1. The van der Waals surface area contributed by atoms with Gasteiger partial charge in [0.05, 0.1) is 16.6 Å². The molecule has 1 N–H and O–H groups in total. The zero-order valence-electron chi connectivity index (χ0n) is 15.3. The second-order valence-electron chi connectivity index (χ2n) is 7.04. The Bertz CT molecular complexity index is 848. The second-order valence-corrected chi connectivity index (χ2v) is 7.45. The van der Waals surface area contributed by atoms with Crippen LogP contribution in [0.4, 0.5) is 11.4 Å². The lowest BCUT2D eigenvalue weighted by atomic mass is 9.97. The highest BCUT2D eigenvalue weighted by atomic mass is 35.5. The maximum Gasteiger partial charge on any atom is 0.229 e. The number of carbonyl (C=O) groups excluding carboxylic acids is 2. The van der Waals surface area contributed by atoms with E-state index in [9.17, 15) is 9.59 Å². The van der Waals surface area contributed by atoms with E-state index >= 15 is 0 Å². The van der Waals surface area contributed by atoms with Crippen molar-refractivity contribution in [1.82, 2.24) is 0 Å². The number of aryl methyl sites for hydroxylation is 1. The summed E-state index contributed by atoms with van der Waals surface area (Å²) in [5.41, 5.74) is 3.65. The molecule has 2 amide bonds. The summed E-state index contributed by atoms with van der Waals surface area (Å²) < 4.78 is 0. The van der Waals surface area contributed by atoms with E-state index in [4.69, 9.17) is 11.6 Å². The summed E-state index contributed by atoms with van der Waals surface area (Å²) in [6.07, 6.45) is 0.194. The maximum absolute atomic E-state index is 12.8. The molecular formula is C21H23ClN2O2. The molecule has 0 aromatic heterocycles. The summed E-state index contributed by atoms with van der Waals surface area (Å²) in [7, 11) is 0. The van der Waals surface area contributed by atoms with Gasteiger partial charge >= 0.3 is 0 Å². The Morgan fingerprint density at radius 3 is 2.62 bits per heavy atom. The first-order chi connectivity index (χ1) is 12.4. The Morgan fingerprint density at radius 2 is 1.92 bits per heavy atom. The number of amides is 2. The number of anilines is 2. The number of hydrogen-bond donors (Lipinski definition) is 1. The fraction of sp³-hybridized carbons (Fsp3) is 0.333. The molecule has 1 saturated heterocycles. The molecule has 0 radical (unpaired) electrons. The Morgan fingerprint density at radius 1 is 1.19 bits per heavy atom. The number of hydrogen-bond acceptors (Lipinski definition) is 2. The van der Waals surface area contributed by atoms with Crippen LogP contribution in [-0.2, 0) is 9.59 Å². The van der Waals surface area contributed by atoms with Crippen LogP contribution in [0.1, 0.15) is 37.3 Å². The summed E-state index contributed by atoms with van der Waals surface area (Å²) >= 11 is 6.21. The van der Waals surface area contributed by atoms with E-state index < -0.39 is 5.92 Å². The molecule has 0 saturated carbocycles. The number of para-hydroxylation sites is 2. The molecule has 1 aliphatic rings. The van der Waals surface area contributed by atoms with Gasteiger partial charge in [-0.05, 0) is 36.1 Å². The van der Waals surface area contributed by atoms with Crippen molar-refractivity contribution in [3.05, 3.63) is 58.6 Å². The van der Waals surface area contributed by atoms with Gasteiger partial charge in [0.2, 0.25) is 11.8 Å². The second kappa shape index (κ2) is 7.50. The average molecular weight is 371 g/mol. The molecule has 0 aliphatic carbocycles. The molecule has 5 heteroatoms. The lowest BCUT2D eigenvalue weighted by Gasteiger charge is -2.19. The van der Waals surface area contributed by atoms with Crippen LogP contribution in [-0.4, -0.2) is 18.4 Å². The minimum Gasteiger partial charge on any atom is -0.325 e. The first kappa shape index (κ1) is 18.5. The van der Waals surface area contributed by atoms with Crippen molar-refractivity contribution >= 4 is 34.8 Å². The van der Waals surface area contributed by atoms with Gasteiger partial charge in [-0.2, -0.15) is 0 Å². The van der Waals surface area contributed by atoms with Gasteiger partial charge < -0.3 is 10.2 Å². The summed E-state index contributed by atoms with van der Waals surface area (Å²) in [6, 6.07) is 13.2. The smallest absolute Gasteiger partial charge is 0.229 e. The monoisotopic (exact) mass is 370 g/mol. The van der Waals surface area contributed by atoms with Gasteiger partial charge in [0.25, 0.3) is 0 Å². The predicted octanol–water partition coefficient (Wildman–Crippen LogP) is 4.76. The van der Waals surface area contributed by atoms with Crippen molar-refractivity contribution in [2.75, 3.05) is 16.8 Å². The molecule has 1 heterocycles. The molecule has 4 nitrogen and oxygen atoms in total. The van der Waals surface area contributed by atoms with Crippen molar-refractivity contribution in [2.45, 2.75) is 33.1 Å². The van der Waals surface area contributed by atoms with E-state index in [2.05, 4.69) is 19.2 Å². The van der Waals surface area contributed by atoms with Crippen LogP contribution in [0.5, 0.6) is 0 Å². The Labute approximate surface area is 159 Å². The Hall–Kier alpha value is -2.33. The highest BCUT2D eigenvalue weighted by Crippen LogP contribution is 2.32. The topological polar surface area (TPSA) is 49.4 Å². The van der Waals surface area contributed by atoms with Gasteiger partial charge in [-0.3, -0.25) is 9.59 Å². The largest absolute Gasteiger partial charge is 0.325 e. The predicted molar refractivity (Wildman–Crippen MR) is 106 cm³/mol. The third-order valence-electron chi connectivity index (χ3n) is 4.81. The van der Waals surface area contributed by atoms with E-state index in [0.29, 0.717) is 23.2 Å². The normalized spacial score (nSPS) is 17.0. The molecule has 2 aromatic rings. The Kier molecular flexibility index (Phi) is 5.33. The summed E-state index contributed by atoms with van der Waals surface area (Å²) in [6.45, 7) is 6.53. The van der Waals surface area contributed by atoms with Crippen molar-refractivity contribution in [2.24, 2.45) is 5.92 Å². The fourth-order valence-corrected chi connectivity index (χ4v) is 3.59. The minimum atomic E-state index is -0.390. The Balaban J connectivity index is 1.79. The van der Waals surface area contributed by atoms with Crippen LogP contribution in [0.15, 0.2) is 42.5 Å². The first-order valence-corrected chi connectivity index (χ1v) is 9.21. The minimum absolute atomic E-state index is 0.0767. The van der Waals surface area contributed by atoms with E-state index in [1.165, 1.54) is 0 Å². The SMILES string of the molecule is Cc1cccc(C(C)C)c1NC(=O)C1CC(=O)N(c2ccccc2Cl)C1. The molecule has 0 spiro atoms. The van der Waals surface area contributed by atoms with E-state index in [-0.39, 0.29) is 18.2 Å². The van der Waals surface area contributed by atoms with Crippen LogP contribution in [0.3, 0.4) is 0 Å². The molecular weight excluding hydrogens is 348 g/mol. The summed E-state index contributed by atoms with van der Waals surface area (Å²) in [4.78, 5) is 26.9. The van der Waals surface area contributed by atoms with Crippen molar-refractivity contribution in [3.8, 4) is 0 Å². The molecule has 26 heavy (non-hydrogen) atoms.